The average molecular weight is 464 g/mol. The predicted octanol–water partition coefficient (Wildman–Crippen LogP) is 4.62. The van der Waals surface area contributed by atoms with E-state index in [1.165, 1.54) is 0 Å². The number of benzene rings is 2. The second-order valence-electron chi connectivity index (χ2n) is 5.50. The molecule has 0 aromatic heterocycles. The molecule has 0 aliphatic carbocycles. The SMILES string of the molecule is NC(=O)c1cc(Cl)c(-c2cccc(C(F)(F)F)c2C(F)(F)F)cc1OP(=O)(O)O. The van der Waals surface area contributed by atoms with Gasteiger partial charge in [0.15, 0.2) is 0 Å². The van der Waals surface area contributed by atoms with E-state index in [4.69, 9.17) is 27.1 Å². The van der Waals surface area contributed by atoms with Gasteiger partial charge in [0.25, 0.3) is 5.91 Å². The molecule has 29 heavy (non-hydrogen) atoms. The van der Waals surface area contributed by atoms with Gasteiger partial charge in [-0.25, -0.2) is 4.57 Å². The highest BCUT2D eigenvalue weighted by molar-refractivity contribution is 7.46. The van der Waals surface area contributed by atoms with Crippen LogP contribution >= 0.6 is 19.4 Å². The van der Waals surface area contributed by atoms with Gasteiger partial charge in [0.2, 0.25) is 0 Å². The molecule has 0 saturated heterocycles. The van der Waals surface area contributed by atoms with Crippen LogP contribution in [0.4, 0.5) is 26.3 Å². The van der Waals surface area contributed by atoms with Crippen molar-refractivity contribution in [3.05, 3.63) is 52.0 Å². The maximum atomic E-state index is 13.5. The summed E-state index contributed by atoms with van der Waals surface area (Å²) in [6, 6.07) is 2.70. The molecule has 0 bridgehead atoms. The van der Waals surface area contributed by atoms with Crippen molar-refractivity contribution in [1.29, 1.82) is 0 Å². The summed E-state index contributed by atoms with van der Waals surface area (Å²) in [7, 11) is -5.31. The summed E-state index contributed by atoms with van der Waals surface area (Å²) in [4.78, 5) is 29.3. The fourth-order valence-corrected chi connectivity index (χ4v) is 3.15. The third-order valence-electron chi connectivity index (χ3n) is 3.50. The Kier molecular flexibility index (Phi) is 5.97. The normalized spacial score (nSPS) is 12.7. The van der Waals surface area contributed by atoms with Gasteiger partial charge in [-0.2, -0.15) is 26.3 Å². The molecule has 0 aliphatic rings. The van der Waals surface area contributed by atoms with Crippen molar-refractivity contribution >= 4 is 25.3 Å². The zero-order chi connectivity index (χ0) is 22.4. The molecule has 14 heteroatoms. The highest BCUT2D eigenvalue weighted by Crippen LogP contribution is 2.48. The number of rotatable bonds is 4. The highest BCUT2D eigenvalue weighted by Gasteiger charge is 2.45. The Hall–Kier alpha value is -2.27. The first-order chi connectivity index (χ1) is 13.0. The quantitative estimate of drug-likeness (QED) is 0.453. The van der Waals surface area contributed by atoms with E-state index in [1.54, 1.807) is 0 Å². The number of hydrogen-bond acceptors (Lipinski definition) is 3. The van der Waals surface area contributed by atoms with E-state index in [2.05, 4.69) is 4.52 Å². The fraction of sp³-hybridized carbons (Fsp3) is 0.133. The molecule has 0 aliphatic heterocycles. The van der Waals surface area contributed by atoms with Gasteiger partial charge in [0.05, 0.1) is 16.7 Å². The molecule has 0 heterocycles. The van der Waals surface area contributed by atoms with Crippen LogP contribution in [0.25, 0.3) is 11.1 Å². The molecule has 0 fully saturated rings. The van der Waals surface area contributed by atoms with E-state index in [1.807, 2.05) is 0 Å². The highest BCUT2D eigenvalue weighted by atomic mass is 35.5. The Bertz CT molecular complexity index is 1020. The smallest absolute Gasteiger partial charge is 0.403 e. The molecule has 2 aromatic carbocycles. The fourth-order valence-electron chi connectivity index (χ4n) is 2.47. The second-order valence-corrected chi connectivity index (χ2v) is 7.07. The minimum Gasteiger partial charge on any atom is -0.403 e. The molecule has 0 radical (unpaired) electrons. The Morgan fingerprint density at radius 3 is 2.07 bits per heavy atom. The van der Waals surface area contributed by atoms with Gasteiger partial charge in [-0.1, -0.05) is 23.7 Å². The van der Waals surface area contributed by atoms with E-state index in [0.717, 1.165) is 0 Å². The number of hydrogen-bond donors (Lipinski definition) is 3. The molecular formula is C15H9ClF6NO5P. The summed E-state index contributed by atoms with van der Waals surface area (Å²) in [6.45, 7) is 0. The van der Waals surface area contributed by atoms with Crippen LogP contribution in [0.5, 0.6) is 5.75 Å². The molecule has 158 valence electrons. The number of carbonyl (C=O) groups is 1. The minimum absolute atomic E-state index is 0.213. The number of amides is 1. The van der Waals surface area contributed by atoms with E-state index in [0.29, 0.717) is 24.3 Å². The Balaban J connectivity index is 2.90. The lowest BCUT2D eigenvalue weighted by Crippen LogP contribution is -2.18. The molecule has 0 unspecified atom stereocenters. The van der Waals surface area contributed by atoms with Crippen molar-refractivity contribution in [1.82, 2.24) is 0 Å². The van der Waals surface area contributed by atoms with Crippen molar-refractivity contribution in [3.8, 4) is 16.9 Å². The summed E-state index contributed by atoms with van der Waals surface area (Å²) >= 11 is 5.83. The summed E-state index contributed by atoms with van der Waals surface area (Å²) in [5.41, 5.74) is -1.55. The van der Waals surface area contributed by atoms with Crippen LogP contribution in [0.1, 0.15) is 21.5 Å². The predicted molar refractivity (Wildman–Crippen MR) is 88.1 cm³/mol. The van der Waals surface area contributed by atoms with Gasteiger partial charge in [-0.05, 0) is 23.8 Å². The van der Waals surface area contributed by atoms with Gasteiger partial charge < -0.3 is 10.3 Å². The Morgan fingerprint density at radius 1 is 1.03 bits per heavy atom. The number of halogens is 7. The zero-order valence-electron chi connectivity index (χ0n) is 13.7. The van der Waals surface area contributed by atoms with Gasteiger partial charge >= 0.3 is 20.2 Å². The average Bonchev–Trinajstić information content (AvgIpc) is 2.52. The lowest BCUT2D eigenvalue weighted by atomic mass is 9.93. The molecule has 2 rings (SSSR count). The number of alkyl halides is 6. The van der Waals surface area contributed by atoms with Crippen molar-refractivity contribution in [2.75, 3.05) is 0 Å². The van der Waals surface area contributed by atoms with Gasteiger partial charge in [-0.15, -0.1) is 0 Å². The van der Waals surface area contributed by atoms with Gasteiger partial charge in [-0.3, -0.25) is 14.6 Å². The zero-order valence-corrected chi connectivity index (χ0v) is 15.3. The van der Waals surface area contributed by atoms with Crippen LogP contribution in [-0.4, -0.2) is 15.7 Å². The maximum Gasteiger partial charge on any atom is 0.524 e. The topological polar surface area (TPSA) is 110 Å². The van der Waals surface area contributed by atoms with Gasteiger partial charge in [0.1, 0.15) is 5.75 Å². The minimum atomic E-state index is -5.47. The van der Waals surface area contributed by atoms with Crippen molar-refractivity contribution in [2.24, 2.45) is 5.73 Å². The molecule has 0 atom stereocenters. The number of phosphoric acid groups is 1. The molecule has 2 aromatic rings. The summed E-state index contributed by atoms with van der Waals surface area (Å²) in [6.07, 6.45) is -10.8. The molecule has 1 amide bonds. The Labute approximate surface area is 163 Å². The first-order valence-electron chi connectivity index (χ1n) is 7.18. The number of carbonyl (C=O) groups excluding carboxylic acids is 1. The van der Waals surface area contributed by atoms with E-state index >= 15 is 0 Å². The first kappa shape index (κ1) is 23.0. The molecule has 4 N–H and O–H groups in total. The second kappa shape index (κ2) is 7.52. The van der Waals surface area contributed by atoms with Crippen LogP contribution in [0.15, 0.2) is 30.3 Å². The number of primary amides is 1. The van der Waals surface area contributed by atoms with Crippen molar-refractivity contribution in [3.63, 3.8) is 0 Å². The first-order valence-corrected chi connectivity index (χ1v) is 9.09. The molecular weight excluding hydrogens is 455 g/mol. The molecule has 6 nitrogen and oxygen atoms in total. The molecule has 0 saturated carbocycles. The van der Waals surface area contributed by atoms with E-state index in [-0.39, 0.29) is 6.07 Å². The maximum absolute atomic E-state index is 13.5. The third-order valence-corrected chi connectivity index (χ3v) is 4.24. The summed E-state index contributed by atoms with van der Waals surface area (Å²) in [5.74, 6) is -2.27. The van der Waals surface area contributed by atoms with Crippen molar-refractivity contribution in [2.45, 2.75) is 12.4 Å². The monoisotopic (exact) mass is 463 g/mol. The van der Waals surface area contributed by atoms with Crippen LogP contribution in [0.2, 0.25) is 5.02 Å². The van der Waals surface area contributed by atoms with E-state index < -0.39 is 64.7 Å². The largest absolute Gasteiger partial charge is 0.524 e. The van der Waals surface area contributed by atoms with E-state index in [9.17, 15) is 35.7 Å². The number of phosphoric ester groups is 1. The lowest BCUT2D eigenvalue weighted by Gasteiger charge is -2.20. The summed E-state index contributed by atoms with van der Waals surface area (Å²) in [5, 5.41) is -0.637. The summed E-state index contributed by atoms with van der Waals surface area (Å²) < 4.78 is 95.1. The van der Waals surface area contributed by atoms with Crippen LogP contribution in [0.3, 0.4) is 0 Å². The van der Waals surface area contributed by atoms with Crippen LogP contribution in [-0.2, 0) is 16.9 Å². The Morgan fingerprint density at radius 2 is 1.62 bits per heavy atom. The van der Waals surface area contributed by atoms with Crippen LogP contribution < -0.4 is 10.3 Å². The lowest BCUT2D eigenvalue weighted by molar-refractivity contribution is -0.161. The van der Waals surface area contributed by atoms with Crippen molar-refractivity contribution < 1.29 is 50.0 Å². The standard InChI is InChI=1S/C15H9ClF6NO5P/c16-10-4-8(13(23)24)11(28-29(25,26)27)5-7(10)6-2-1-3-9(14(17,18)19)12(6)15(20,21)22/h1-5H,(H2,23,24)(H2,25,26,27). The molecule has 0 spiro atoms. The van der Waals surface area contributed by atoms with Crippen LogP contribution in [0, 0.1) is 0 Å². The van der Waals surface area contributed by atoms with Gasteiger partial charge in [0, 0.05) is 10.6 Å². The third kappa shape index (κ3) is 5.21. The number of nitrogens with two attached hydrogens (primary N) is 1.